The normalized spacial score (nSPS) is 34.9. The molecular weight excluding hydrogens is 549 g/mol. The first-order valence-corrected chi connectivity index (χ1v) is 17.3. The molecule has 1 amide bonds. The summed E-state index contributed by atoms with van der Waals surface area (Å²) in [4.78, 5) is 11.0. The Hall–Kier alpha value is -1.03. The van der Waals surface area contributed by atoms with E-state index in [1.807, 2.05) is 0 Å². The fourth-order valence-corrected chi connectivity index (χ4v) is 9.79. The van der Waals surface area contributed by atoms with Crippen LogP contribution in [0.25, 0.3) is 0 Å². The molecule has 3 fully saturated rings. The zero-order valence-electron chi connectivity index (χ0n) is 26.4. The van der Waals surface area contributed by atoms with Crippen molar-refractivity contribution >= 4 is 34.8 Å². The van der Waals surface area contributed by atoms with Crippen molar-refractivity contribution in [1.29, 1.82) is 0 Å². The van der Waals surface area contributed by atoms with Gasteiger partial charge in [0.15, 0.2) is 0 Å². The lowest BCUT2D eigenvalue weighted by Crippen LogP contribution is -2.50. The molecule has 0 heterocycles. The van der Waals surface area contributed by atoms with Crippen molar-refractivity contribution in [2.45, 2.75) is 125 Å². The van der Waals surface area contributed by atoms with Crippen LogP contribution in [0.3, 0.4) is 0 Å². The molecule has 0 spiro atoms. The van der Waals surface area contributed by atoms with Crippen molar-refractivity contribution < 1.29 is 9.90 Å². The number of allylic oxidation sites excluding steroid dienone is 1. The molecule has 3 nitrogen and oxygen atoms in total. The van der Waals surface area contributed by atoms with Gasteiger partial charge in [0.1, 0.15) is 0 Å². The second-order valence-electron chi connectivity index (χ2n) is 14.7. The Morgan fingerprint density at radius 3 is 2.46 bits per heavy atom. The number of aliphatic hydroxyl groups excluding tert-OH is 1. The third kappa shape index (κ3) is 7.21. The summed E-state index contributed by atoms with van der Waals surface area (Å²) in [5, 5.41) is 13.8. The largest absolute Gasteiger partial charge is 0.393 e. The van der Waals surface area contributed by atoms with E-state index in [1.54, 1.807) is 30.7 Å². The molecule has 8 atom stereocenters. The summed E-state index contributed by atoms with van der Waals surface area (Å²) in [5.74, 6) is 5.41. The maximum Gasteiger partial charge on any atom is 0.224 e. The Morgan fingerprint density at radius 1 is 1.02 bits per heavy atom. The van der Waals surface area contributed by atoms with Crippen LogP contribution < -0.4 is 5.32 Å². The molecule has 5 rings (SSSR count). The monoisotopic (exact) mass is 603 g/mol. The van der Waals surface area contributed by atoms with Crippen LogP contribution in [0, 0.1) is 46.3 Å². The van der Waals surface area contributed by atoms with Gasteiger partial charge in [-0.05, 0) is 116 Å². The first kappa shape index (κ1) is 32.9. The second-order valence-corrected chi connectivity index (χ2v) is 15.5. The van der Waals surface area contributed by atoms with E-state index in [-0.39, 0.29) is 12.0 Å². The number of hydrogen-bond donors (Lipinski definition) is 2. The quantitative estimate of drug-likeness (QED) is 0.304. The minimum absolute atomic E-state index is 0.0432. The molecule has 4 aliphatic rings. The molecule has 0 aromatic heterocycles. The van der Waals surface area contributed by atoms with E-state index in [2.05, 4.69) is 46.0 Å². The standard InChI is InChI=1S/C27H46O.C9H9Cl2NO/c1-18(2)7-6-8-19(3)23-11-12-24-22-10-9-20-17-21(28)13-15-26(20,4)25(22)14-16-27(23,24)5;1-2-9(13)12-6-3-4-7(10)8(11)5-6/h9,18-19,21-25,28H,6-8,10-17H2,1-5H3;3-5H,2H2,1H3,(H,12,13)/t19-,21+,22+,23-,24+,25+,26+,27-;/m1./s1. The third-order valence-corrected chi connectivity index (χ3v) is 12.5. The van der Waals surface area contributed by atoms with Crippen LogP contribution >= 0.6 is 23.2 Å². The molecule has 1 aromatic carbocycles. The van der Waals surface area contributed by atoms with Gasteiger partial charge in [0.25, 0.3) is 0 Å². The maximum atomic E-state index is 11.0. The molecule has 0 unspecified atom stereocenters. The lowest BCUT2D eigenvalue weighted by atomic mass is 9.47. The van der Waals surface area contributed by atoms with E-state index in [0.29, 0.717) is 33.0 Å². The summed E-state index contributed by atoms with van der Waals surface area (Å²) in [6.07, 6.45) is 17.6. The van der Waals surface area contributed by atoms with Crippen molar-refractivity contribution in [3.63, 3.8) is 0 Å². The number of fused-ring (bicyclic) bond motifs is 5. The van der Waals surface area contributed by atoms with Crippen LogP contribution in [0.1, 0.15) is 119 Å². The van der Waals surface area contributed by atoms with Gasteiger partial charge >= 0.3 is 0 Å². The zero-order valence-corrected chi connectivity index (χ0v) is 28.0. The fourth-order valence-electron chi connectivity index (χ4n) is 9.49. The Labute approximate surface area is 260 Å². The van der Waals surface area contributed by atoms with Crippen molar-refractivity contribution in [1.82, 2.24) is 0 Å². The van der Waals surface area contributed by atoms with Gasteiger partial charge in [-0.2, -0.15) is 0 Å². The summed E-state index contributed by atoms with van der Waals surface area (Å²) < 4.78 is 0. The van der Waals surface area contributed by atoms with Gasteiger partial charge in [-0.3, -0.25) is 4.79 Å². The SMILES string of the molecule is CC(C)CCC[C@@H](C)[C@H]1CC[C@H]2[C@@H]3CC=C4C[C@@H](O)CC[C@]4(C)[C@H]3CC[C@]12C.CCC(=O)Nc1ccc(Cl)c(Cl)c1. The lowest BCUT2D eigenvalue weighted by molar-refractivity contribution is -0.115. The molecule has 41 heavy (non-hydrogen) atoms. The van der Waals surface area contributed by atoms with Crippen molar-refractivity contribution in [2.24, 2.45) is 46.3 Å². The minimum atomic E-state index is -0.0766. The molecule has 230 valence electrons. The number of carbonyl (C=O) groups excluding carboxylic acids is 1. The Balaban J connectivity index is 0.000000251. The molecule has 0 radical (unpaired) electrons. The molecule has 2 N–H and O–H groups in total. The van der Waals surface area contributed by atoms with Crippen LogP contribution in [0.15, 0.2) is 29.8 Å². The molecule has 0 aliphatic heterocycles. The molecule has 0 saturated heterocycles. The highest BCUT2D eigenvalue weighted by Crippen LogP contribution is 2.67. The first-order valence-electron chi connectivity index (χ1n) is 16.5. The van der Waals surface area contributed by atoms with Crippen molar-refractivity contribution in [3.05, 3.63) is 39.9 Å². The van der Waals surface area contributed by atoms with Gasteiger partial charge in [0.05, 0.1) is 16.1 Å². The number of nitrogens with one attached hydrogen (secondary N) is 1. The molecule has 3 saturated carbocycles. The summed E-state index contributed by atoms with van der Waals surface area (Å²) in [6.45, 7) is 14.4. The molecule has 1 aromatic rings. The predicted octanol–water partition coefficient (Wildman–Crippen LogP) is 10.7. The van der Waals surface area contributed by atoms with Crippen LogP contribution in [0.4, 0.5) is 5.69 Å². The number of anilines is 1. The Bertz CT molecular complexity index is 1090. The van der Waals surface area contributed by atoms with Gasteiger partial charge in [-0.15, -0.1) is 0 Å². The summed E-state index contributed by atoms with van der Waals surface area (Å²) >= 11 is 11.5. The van der Waals surface area contributed by atoms with Gasteiger partial charge in [-0.1, -0.05) is 95.7 Å². The van der Waals surface area contributed by atoms with Crippen LogP contribution in [0.5, 0.6) is 0 Å². The van der Waals surface area contributed by atoms with E-state index in [9.17, 15) is 9.90 Å². The third-order valence-electron chi connectivity index (χ3n) is 11.8. The van der Waals surface area contributed by atoms with Crippen molar-refractivity contribution in [2.75, 3.05) is 5.32 Å². The predicted molar refractivity (Wildman–Crippen MR) is 174 cm³/mol. The smallest absolute Gasteiger partial charge is 0.224 e. The number of halogens is 2. The van der Waals surface area contributed by atoms with E-state index in [1.165, 1.54) is 57.8 Å². The minimum Gasteiger partial charge on any atom is -0.393 e. The highest BCUT2D eigenvalue weighted by Gasteiger charge is 2.59. The number of hydrogen-bond acceptors (Lipinski definition) is 2. The first-order chi connectivity index (χ1) is 19.4. The van der Waals surface area contributed by atoms with Crippen LogP contribution in [-0.2, 0) is 4.79 Å². The summed E-state index contributed by atoms with van der Waals surface area (Å²) in [7, 11) is 0. The number of benzene rings is 1. The van der Waals surface area contributed by atoms with Crippen LogP contribution in [0.2, 0.25) is 10.0 Å². The van der Waals surface area contributed by atoms with Gasteiger partial charge in [0, 0.05) is 12.1 Å². The molecular formula is C36H55Cl2NO2. The molecule has 5 heteroatoms. The average molecular weight is 605 g/mol. The number of carbonyl (C=O) groups is 1. The molecule has 0 bridgehead atoms. The van der Waals surface area contributed by atoms with Gasteiger partial charge in [0.2, 0.25) is 5.91 Å². The number of rotatable bonds is 7. The Morgan fingerprint density at radius 2 is 1.78 bits per heavy atom. The van der Waals surface area contributed by atoms with E-state index in [0.717, 1.165) is 48.3 Å². The summed E-state index contributed by atoms with van der Waals surface area (Å²) in [6, 6.07) is 4.98. The summed E-state index contributed by atoms with van der Waals surface area (Å²) in [5.41, 5.74) is 3.27. The van der Waals surface area contributed by atoms with Gasteiger partial charge < -0.3 is 10.4 Å². The highest BCUT2D eigenvalue weighted by atomic mass is 35.5. The number of amides is 1. The lowest BCUT2D eigenvalue weighted by Gasteiger charge is -2.58. The van der Waals surface area contributed by atoms with E-state index < -0.39 is 0 Å². The fraction of sp³-hybridized carbons (Fsp3) is 0.750. The molecule has 4 aliphatic carbocycles. The maximum absolute atomic E-state index is 11.0. The van der Waals surface area contributed by atoms with E-state index >= 15 is 0 Å². The number of aliphatic hydroxyl groups is 1. The van der Waals surface area contributed by atoms with Crippen molar-refractivity contribution in [3.8, 4) is 0 Å². The van der Waals surface area contributed by atoms with Gasteiger partial charge in [-0.25, -0.2) is 0 Å². The zero-order chi connectivity index (χ0) is 29.9. The van der Waals surface area contributed by atoms with Crippen LogP contribution in [-0.4, -0.2) is 17.1 Å². The Kier molecular flexibility index (Phi) is 11.0. The highest BCUT2D eigenvalue weighted by molar-refractivity contribution is 6.42. The van der Waals surface area contributed by atoms with E-state index in [4.69, 9.17) is 23.2 Å². The average Bonchev–Trinajstić information content (AvgIpc) is 3.28. The second kappa shape index (κ2) is 13.7. The topological polar surface area (TPSA) is 49.3 Å².